The standard InChI is InChI=1S/C15H17N3O2S/c1-10-3-4-12(7-16-10)15(19)18-5-6-20-8-14(18)13-9-21-11(2)17-13/h3-4,7,9,14H,5-6,8H2,1-2H3/t14-/m1/s1. The zero-order valence-electron chi connectivity index (χ0n) is 12.1. The summed E-state index contributed by atoms with van der Waals surface area (Å²) >= 11 is 1.59. The van der Waals surface area contributed by atoms with Gasteiger partial charge >= 0.3 is 0 Å². The van der Waals surface area contributed by atoms with Gasteiger partial charge in [-0.3, -0.25) is 9.78 Å². The van der Waals surface area contributed by atoms with Crippen LogP contribution in [-0.2, 0) is 4.74 Å². The Morgan fingerprint density at radius 3 is 2.95 bits per heavy atom. The fourth-order valence-electron chi connectivity index (χ4n) is 2.39. The number of thiazole rings is 1. The monoisotopic (exact) mass is 303 g/mol. The molecule has 6 heteroatoms. The fraction of sp³-hybridized carbons (Fsp3) is 0.400. The molecule has 1 atom stereocenters. The largest absolute Gasteiger partial charge is 0.377 e. The maximum absolute atomic E-state index is 12.7. The summed E-state index contributed by atoms with van der Waals surface area (Å²) in [6.45, 7) is 5.50. The highest BCUT2D eigenvalue weighted by Crippen LogP contribution is 2.26. The van der Waals surface area contributed by atoms with Crippen molar-refractivity contribution >= 4 is 17.2 Å². The maximum Gasteiger partial charge on any atom is 0.256 e. The predicted octanol–water partition coefficient (Wildman–Crippen LogP) is 2.37. The summed E-state index contributed by atoms with van der Waals surface area (Å²) in [6.07, 6.45) is 1.64. The lowest BCUT2D eigenvalue weighted by molar-refractivity contribution is -0.00378. The number of hydrogen-bond donors (Lipinski definition) is 0. The van der Waals surface area contributed by atoms with E-state index in [0.29, 0.717) is 25.3 Å². The van der Waals surface area contributed by atoms with Crippen LogP contribution in [0, 0.1) is 13.8 Å². The van der Waals surface area contributed by atoms with Gasteiger partial charge in [0.1, 0.15) is 0 Å². The van der Waals surface area contributed by atoms with Crippen molar-refractivity contribution in [3.8, 4) is 0 Å². The molecule has 1 amide bonds. The number of aromatic nitrogens is 2. The Balaban J connectivity index is 1.87. The summed E-state index contributed by atoms with van der Waals surface area (Å²) in [7, 11) is 0. The minimum absolute atomic E-state index is 0.0125. The molecule has 0 spiro atoms. The molecule has 0 unspecified atom stereocenters. The molecule has 0 radical (unpaired) electrons. The van der Waals surface area contributed by atoms with Crippen LogP contribution >= 0.6 is 11.3 Å². The molecule has 110 valence electrons. The lowest BCUT2D eigenvalue weighted by Gasteiger charge is -2.34. The third-order valence-electron chi connectivity index (χ3n) is 3.53. The fourth-order valence-corrected chi connectivity index (χ4v) is 3.04. The molecule has 1 aliphatic rings. The number of nitrogens with zero attached hydrogens (tertiary/aromatic N) is 3. The SMILES string of the molecule is Cc1ccc(C(=O)N2CCOC[C@@H]2c2csc(C)n2)cn1. The Morgan fingerprint density at radius 1 is 1.43 bits per heavy atom. The van der Waals surface area contributed by atoms with Crippen molar-refractivity contribution in [2.45, 2.75) is 19.9 Å². The van der Waals surface area contributed by atoms with Crippen LogP contribution in [0.25, 0.3) is 0 Å². The van der Waals surface area contributed by atoms with Crippen molar-refractivity contribution in [2.24, 2.45) is 0 Å². The minimum atomic E-state index is -0.113. The average molecular weight is 303 g/mol. The highest BCUT2D eigenvalue weighted by atomic mass is 32.1. The molecule has 0 saturated carbocycles. The molecule has 5 nitrogen and oxygen atoms in total. The molecule has 0 aliphatic carbocycles. The van der Waals surface area contributed by atoms with E-state index >= 15 is 0 Å². The number of carbonyl (C=O) groups excluding carboxylic acids is 1. The van der Waals surface area contributed by atoms with Crippen LogP contribution in [-0.4, -0.2) is 40.5 Å². The zero-order chi connectivity index (χ0) is 14.8. The predicted molar refractivity (Wildman–Crippen MR) is 80.4 cm³/mol. The average Bonchev–Trinajstić information content (AvgIpc) is 2.94. The normalized spacial score (nSPS) is 18.8. The van der Waals surface area contributed by atoms with Crippen molar-refractivity contribution in [1.82, 2.24) is 14.9 Å². The summed E-state index contributed by atoms with van der Waals surface area (Å²) in [6, 6.07) is 3.57. The Labute approximate surface area is 127 Å². The van der Waals surface area contributed by atoms with E-state index < -0.39 is 0 Å². The highest BCUT2D eigenvalue weighted by Gasteiger charge is 2.30. The lowest BCUT2D eigenvalue weighted by atomic mass is 10.1. The van der Waals surface area contributed by atoms with Gasteiger partial charge < -0.3 is 9.64 Å². The molecule has 2 aromatic heterocycles. The van der Waals surface area contributed by atoms with Crippen LogP contribution in [0.2, 0.25) is 0 Å². The Hall–Kier alpha value is -1.79. The van der Waals surface area contributed by atoms with Crippen molar-refractivity contribution in [1.29, 1.82) is 0 Å². The third-order valence-corrected chi connectivity index (χ3v) is 4.32. The van der Waals surface area contributed by atoms with Gasteiger partial charge in [-0.1, -0.05) is 0 Å². The van der Waals surface area contributed by atoms with E-state index in [1.165, 1.54) is 0 Å². The Bertz CT molecular complexity index is 639. The number of carbonyl (C=O) groups is 1. The summed E-state index contributed by atoms with van der Waals surface area (Å²) in [4.78, 5) is 23.3. The first-order chi connectivity index (χ1) is 10.1. The quantitative estimate of drug-likeness (QED) is 0.854. The second-order valence-electron chi connectivity index (χ2n) is 5.07. The van der Waals surface area contributed by atoms with Crippen molar-refractivity contribution < 1.29 is 9.53 Å². The van der Waals surface area contributed by atoms with Crippen LogP contribution in [0.4, 0.5) is 0 Å². The van der Waals surface area contributed by atoms with E-state index in [2.05, 4.69) is 9.97 Å². The summed E-state index contributed by atoms with van der Waals surface area (Å²) in [5.74, 6) is -0.0125. The number of amides is 1. The zero-order valence-corrected chi connectivity index (χ0v) is 12.9. The minimum Gasteiger partial charge on any atom is -0.377 e. The molecule has 21 heavy (non-hydrogen) atoms. The van der Waals surface area contributed by atoms with Crippen LogP contribution in [0.3, 0.4) is 0 Å². The van der Waals surface area contributed by atoms with E-state index in [-0.39, 0.29) is 11.9 Å². The van der Waals surface area contributed by atoms with Gasteiger partial charge in [0.2, 0.25) is 0 Å². The van der Waals surface area contributed by atoms with Gasteiger partial charge in [-0.15, -0.1) is 11.3 Å². The van der Waals surface area contributed by atoms with Gasteiger partial charge in [-0.2, -0.15) is 0 Å². The third kappa shape index (κ3) is 2.96. The molecule has 3 rings (SSSR count). The first kappa shape index (κ1) is 14.2. The molecule has 0 aromatic carbocycles. The molecular weight excluding hydrogens is 286 g/mol. The number of hydrogen-bond acceptors (Lipinski definition) is 5. The second-order valence-corrected chi connectivity index (χ2v) is 6.13. The molecule has 1 aliphatic heterocycles. The first-order valence-corrected chi connectivity index (χ1v) is 7.76. The van der Waals surface area contributed by atoms with Gasteiger partial charge in [-0.05, 0) is 26.0 Å². The smallest absolute Gasteiger partial charge is 0.256 e. The molecular formula is C15H17N3O2S. The van der Waals surface area contributed by atoms with Gasteiger partial charge in [0, 0.05) is 23.8 Å². The number of rotatable bonds is 2. The molecule has 1 fully saturated rings. The summed E-state index contributed by atoms with van der Waals surface area (Å²) < 4.78 is 5.54. The van der Waals surface area contributed by atoms with E-state index in [0.717, 1.165) is 16.4 Å². The summed E-state index contributed by atoms with van der Waals surface area (Å²) in [5.41, 5.74) is 2.42. The Kier molecular flexibility index (Phi) is 3.98. The molecule has 3 heterocycles. The molecule has 2 aromatic rings. The van der Waals surface area contributed by atoms with E-state index in [1.54, 1.807) is 17.5 Å². The number of aryl methyl sites for hydroxylation is 2. The van der Waals surface area contributed by atoms with Crippen molar-refractivity contribution in [3.05, 3.63) is 45.7 Å². The molecule has 1 saturated heterocycles. The number of pyridine rings is 1. The van der Waals surface area contributed by atoms with Crippen molar-refractivity contribution in [3.63, 3.8) is 0 Å². The van der Waals surface area contributed by atoms with Crippen LogP contribution in [0.5, 0.6) is 0 Å². The molecule has 0 bridgehead atoms. The highest BCUT2D eigenvalue weighted by molar-refractivity contribution is 7.09. The van der Waals surface area contributed by atoms with Crippen LogP contribution < -0.4 is 0 Å². The van der Waals surface area contributed by atoms with E-state index in [4.69, 9.17) is 4.74 Å². The number of morpholine rings is 1. The van der Waals surface area contributed by atoms with Gasteiger partial charge in [-0.25, -0.2) is 4.98 Å². The second kappa shape index (κ2) is 5.91. The summed E-state index contributed by atoms with van der Waals surface area (Å²) in [5, 5.41) is 3.00. The lowest BCUT2D eigenvalue weighted by Crippen LogP contribution is -2.43. The molecule has 0 N–H and O–H groups in total. The van der Waals surface area contributed by atoms with E-state index in [9.17, 15) is 4.79 Å². The van der Waals surface area contributed by atoms with Gasteiger partial charge in [0.15, 0.2) is 0 Å². The van der Waals surface area contributed by atoms with E-state index in [1.807, 2.05) is 36.3 Å². The van der Waals surface area contributed by atoms with Crippen LogP contribution in [0.15, 0.2) is 23.7 Å². The Morgan fingerprint density at radius 2 is 2.29 bits per heavy atom. The van der Waals surface area contributed by atoms with Crippen molar-refractivity contribution in [2.75, 3.05) is 19.8 Å². The van der Waals surface area contributed by atoms with Gasteiger partial charge in [0.05, 0.1) is 35.5 Å². The maximum atomic E-state index is 12.7. The van der Waals surface area contributed by atoms with Gasteiger partial charge in [0.25, 0.3) is 5.91 Å². The number of ether oxygens (including phenoxy) is 1. The first-order valence-electron chi connectivity index (χ1n) is 6.88. The van der Waals surface area contributed by atoms with Crippen LogP contribution in [0.1, 0.15) is 32.8 Å². The topological polar surface area (TPSA) is 55.3 Å².